The van der Waals surface area contributed by atoms with Gasteiger partial charge in [0.1, 0.15) is 5.82 Å². The molecule has 0 bridgehead atoms. The lowest BCUT2D eigenvalue weighted by Gasteiger charge is -2.16. The van der Waals surface area contributed by atoms with Gasteiger partial charge in [0, 0.05) is 6.07 Å². The van der Waals surface area contributed by atoms with Gasteiger partial charge in [0.05, 0.1) is 26.9 Å². The molecule has 10 heteroatoms. The van der Waals surface area contributed by atoms with Crippen LogP contribution in [0.4, 0.5) is 21.5 Å². The third kappa shape index (κ3) is 4.71. The van der Waals surface area contributed by atoms with E-state index < -0.39 is 25.9 Å². The number of hydrogen-bond acceptors (Lipinski definition) is 5. The second-order valence-electron chi connectivity index (χ2n) is 6.76. The molecule has 0 aliphatic rings. The van der Waals surface area contributed by atoms with Crippen LogP contribution in [0.25, 0.3) is 0 Å². The third-order valence-electron chi connectivity index (χ3n) is 4.29. The minimum atomic E-state index is -4.10. The summed E-state index contributed by atoms with van der Waals surface area (Å²) in [7, 11) is -8.17. The largest absolute Gasteiger partial charge is 0.396 e. The molecule has 0 aliphatic carbocycles. The number of sulfonamides is 2. The summed E-state index contributed by atoms with van der Waals surface area (Å²) in [5, 5.41) is 0. The predicted molar refractivity (Wildman–Crippen MR) is 115 cm³/mol. The second kappa shape index (κ2) is 7.96. The highest BCUT2D eigenvalue weighted by Gasteiger charge is 2.21. The Hall–Kier alpha value is -3.11. The van der Waals surface area contributed by atoms with Crippen LogP contribution in [0.3, 0.4) is 0 Å². The highest BCUT2D eigenvalue weighted by Crippen LogP contribution is 2.31. The highest BCUT2D eigenvalue weighted by atomic mass is 32.2. The van der Waals surface area contributed by atoms with Gasteiger partial charge >= 0.3 is 0 Å². The summed E-state index contributed by atoms with van der Waals surface area (Å²) >= 11 is 0. The zero-order valence-corrected chi connectivity index (χ0v) is 17.8. The number of hydrogen-bond donors (Lipinski definition) is 3. The summed E-state index contributed by atoms with van der Waals surface area (Å²) in [6.07, 6.45) is 0. The van der Waals surface area contributed by atoms with Gasteiger partial charge in [-0.15, -0.1) is 0 Å². The van der Waals surface area contributed by atoms with Gasteiger partial charge in [-0.05, 0) is 44.2 Å². The Bertz CT molecular complexity index is 1190. The van der Waals surface area contributed by atoms with Crippen molar-refractivity contribution in [1.29, 1.82) is 0 Å². The van der Waals surface area contributed by atoms with Crippen molar-refractivity contribution < 1.29 is 21.2 Å². The molecule has 158 valence electrons. The van der Waals surface area contributed by atoms with Gasteiger partial charge in [0.15, 0.2) is 0 Å². The quantitative estimate of drug-likeness (QED) is 0.497. The van der Waals surface area contributed by atoms with Crippen LogP contribution >= 0.6 is 0 Å². The van der Waals surface area contributed by atoms with E-state index in [2.05, 4.69) is 9.44 Å². The SMILES string of the molecule is Cc1ccc(S(=O)(=O)Nc2cc(N)c(F)cc2NS(=O)(=O)c2ccc(C)cc2)cc1. The van der Waals surface area contributed by atoms with E-state index in [0.717, 1.165) is 23.3 Å². The Kier molecular flexibility index (Phi) is 5.73. The summed E-state index contributed by atoms with van der Waals surface area (Å²) in [5.41, 5.74) is 6.46. The molecule has 0 aromatic heterocycles. The van der Waals surface area contributed by atoms with E-state index in [1.54, 1.807) is 31.2 Å². The lowest BCUT2D eigenvalue weighted by atomic mass is 10.2. The molecule has 0 saturated carbocycles. The van der Waals surface area contributed by atoms with Crippen LogP contribution in [0.2, 0.25) is 0 Å². The Morgan fingerprint density at radius 2 is 1.07 bits per heavy atom. The van der Waals surface area contributed by atoms with Crippen molar-refractivity contribution in [2.45, 2.75) is 23.6 Å². The van der Waals surface area contributed by atoms with Crippen LogP contribution in [0.1, 0.15) is 11.1 Å². The average molecular weight is 450 g/mol. The second-order valence-corrected chi connectivity index (χ2v) is 10.1. The number of nitrogen functional groups attached to an aromatic ring is 1. The number of nitrogens with one attached hydrogen (secondary N) is 2. The van der Waals surface area contributed by atoms with Gasteiger partial charge in [0.2, 0.25) is 0 Å². The Morgan fingerprint density at radius 3 is 1.47 bits per heavy atom. The van der Waals surface area contributed by atoms with E-state index in [4.69, 9.17) is 5.73 Å². The molecule has 4 N–H and O–H groups in total. The standard InChI is InChI=1S/C20H20FN3O4S2/c1-13-3-7-15(8-4-13)29(25,26)23-19-11-17(21)18(22)12-20(19)24-30(27,28)16-9-5-14(2)6-10-16/h3-12,23-24H,22H2,1-2H3. The molecule has 0 radical (unpaired) electrons. The van der Waals surface area contributed by atoms with Crippen molar-refractivity contribution in [2.24, 2.45) is 0 Å². The number of anilines is 3. The smallest absolute Gasteiger partial charge is 0.261 e. The molecule has 30 heavy (non-hydrogen) atoms. The van der Waals surface area contributed by atoms with Crippen LogP contribution in [-0.2, 0) is 20.0 Å². The summed E-state index contributed by atoms with van der Waals surface area (Å²) in [4.78, 5) is -0.0963. The molecular weight excluding hydrogens is 429 g/mol. The molecule has 0 atom stereocenters. The molecular formula is C20H20FN3O4S2. The normalized spacial score (nSPS) is 11.8. The summed E-state index contributed by atoms with van der Waals surface area (Å²) < 4.78 is 69.4. The Labute approximate surface area is 174 Å². The first-order valence-corrected chi connectivity index (χ1v) is 11.7. The molecule has 0 saturated heterocycles. The fraction of sp³-hybridized carbons (Fsp3) is 0.100. The predicted octanol–water partition coefficient (Wildman–Crippen LogP) is 3.63. The van der Waals surface area contributed by atoms with E-state index in [1.807, 2.05) is 6.92 Å². The molecule has 3 rings (SSSR count). The van der Waals surface area contributed by atoms with Crippen LogP contribution in [0.15, 0.2) is 70.5 Å². The number of benzene rings is 3. The summed E-state index contributed by atoms with van der Waals surface area (Å²) in [6.45, 7) is 3.61. The molecule has 7 nitrogen and oxygen atoms in total. The zero-order valence-electron chi connectivity index (χ0n) is 16.2. The van der Waals surface area contributed by atoms with Gasteiger partial charge in [0.25, 0.3) is 20.0 Å². The van der Waals surface area contributed by atoms with Gasteiger partial charge in [-0.2, -0.15) is 0 Å². The summed E-state index contributed by atoms with van der Waals surface area (Å²) in [5.74, 6) is -0.894. The Balaban J connectivity index is 2.01. The number of aryl methyl sites for hydroxylation is 2. The van der Waals surface area contributed by atoms with Crippen LogP contribution < -0.4 is 15.2 Å². The van der Waals surface area contributed by atoms with Crippen molar-refractivity contribution in [3.63, 3.8) is 0 Å². The molecule has 0 aliphatic heterocycles. The van der Waals surface area contributed by atoms with Gasteiger partial charge in [-0.1, -0.05) is 35.4 Å². The van der Waals surface area contributed by atoms with Gasteiger partial charge < -0.3 is 5.73 Å². The lowest BCUT2D eigenvalue weighted by molar-refractivity contribution is 0.598. The average Bonchev–Trinajstić information content (AvgIpc) is 2.66. The van der Waals surface area contributed by atoms with E-state index in [0.29, 0.717) is 0 Å². The number of halogens is 1. The lowest BCUT2D eigenvalue weighted by Crippen LogP contribution is -2.18. The first-order chi connectivity index (χ1) is 14.0. The molecule has 0 fully saturated rings. The topological polar surface area (TPSA) is 118 Å². The summed E-state index contributed by atoms with van der Waals surface area (Å²) in [6, 6.07) is 13.9. The van der Waals surface area contributed by atoms with Gasteiger partial charge in [-0.3, -0.25) is 9.44 Å². The fourth-order valence-corrected chi connectivity index (χ4v) is 4.74. The van der Waals surface area contributed by atoms with Gasteiger partial charge in [-0.25, -0.2) is 21.2 Å². The third-order valence-corrected chi connectivity index (χ3v) is 7.05. The maximum absolute atomic E-state index is 14.1. The van der Waals surface area contributed by atoms with Crippen LogP contribution in [0.5, 0.6) is 0 Å². The number of rotatable bonds is 6. The van der Waals surface area contributed by atoms with E-state index in [1.165, 1.54) is 24.3 Å². The highest BCUT2D eigenvalue weighted by molar-refractivity contribution is 7.93. The van der Waals surface area contributed by atoms with E-state index in [9.17, 15) is 21.2 Å². The monoisotopic (exact) mass is 449 g/mol. The molecule has 0 heterocycles. The van der Waals surface area contributed by atoms with Crippen LogP contribution in [-0.4, -0.2) is 16.8 Å². The Morgan fingerprint density at radius 1 is 0.700 bits per heavy atom. The zero-order chi connectivity index (χ0) is 22.1. The first-order valence-electron chi connectivity index (χ1n) is 8.76. The van der Waals surface area contributed by atoms with Crippen molar-refractivity contribution >= 4 is 37.1 Å². The van der Waals surface area contributed by atoms with Crippen LogP contribution in [0, 0.1) is 19.7 Å². The van der Waals surface area contributed by atoms with E-state index in [-0.39, 0.29) is 26.9 Å². The fourth-order valence-electron chi connectivity index (χ4n) is 2.60. The van der Waals surface area contributed by atoms with Crippen molar-refractivity contribution in [2.75, 3.05) is 15.2 Å². The molecule has 0 amide bonds. The van der Waals surface area contributed by atoms with Crippen molar-refractivity contribution in [3.05, 3.63) is 77.6 Å². The molecule has 0 unspecified atom stereocenters. The van der Waals surface area contributed by atoms with Crippen molar-refractivity contribution in [3.8, 4) is 0 Å². The minimum Gasteiger partial charge on any atom is -0.396 e. The number of nitrogens with two attached hydrogens (primary N) is 1. The molecule has 3 aromatic rings. The maximum atomic E-state index is 14.1. The first kappa shape index (κ1) is 21.6. The maximum Gasteiger partial charge on any atom is 0.261 e. The van der Waals surface area contributed by atoms with Crippen molar-refractivity contribution in [1.82, 2.24) is 0 Å². The minimum absolute atomic E-state index is 0.0386. The van der Waals surface area contributed by atoms with E-state index >= 15 is 0 Å². The molecule has 0 spiro atoms. The molecule has 3 aromatic carbocycles.